The van der Waals surface area contributed by atoms with Gasteiger partial charge in [0.25, 0.3) is 0 Å². The number of ketones is 1. The fraction of sp³-hybridized carbons (Fsp3) is 0.133. The summed E-state index contributed by atoms with van der Waals surface area (Å²) in [6, 6.07) is 15.5. The van der Waals surface area contributed by atoms with Gasteiger partial charge in [0.05, 0.1) is 0 Å². The zero-order valence-corrected chi connectivity index (χ0v) is 9.68. The van der Waals surface area contributed by atoms with Crippen molar-refractivity contribution in [1.29, 1.82) is 0 Å². The minimum atomic E-state index is -0.447. The Hall–Kier alpha value is -1.93. The second-order valence-corrected chi connectivity index (χ2v) is 4.04. The molecule has 2 nitrogen and oxygen atoms in total. The van der Waals surface area contributed by atoms with E-state index in [1.807, 2.05) is 49.4 Å². The Morgan fingerprint density at radius 1 is 1.06 bits per heavy atom. The molecule has 2 aromatic rings. The summed E-state index contributed by atoms with van der Waals surface area (Å²) < 4.78 is 0. The highest BCUT2D eigenvalue weighted by atomic mass is 16.3. The van der Waals surface area contributed by atoms with Crippen LogP contribution in [-0.4, -0.2) is 17.5 Å². The molecular weight excluding hydrogens is 212 g/mol. The summed E-state index contributed by atoms with van der Waals surface area (Å²) in [6.07, 6.45) is 0. The third-order valence-corrected chi connectivity index (χ3v) is 2.65. The molecule has 0 heterocycles. The first-order valence-electron chi connectivity index (χ1n) is 5.52. The van der Waals surface area contributed by atoms with Crippen molar-refractivity contribution < 1.29 is 9.90 Å². The first-order valence-corrected chi connectivity index (χ1v) is 5.52. The fourth-order valence-electron chi connectivity index (χ4n) is 1.83. The van der Waals surface area contributed by atoms with Gasteiger partial charge in [-0.15, -0.1) is 0 Å². The van der Waals surface area contributed by atoms with Crippen LogP contribution in [0.15, 0.2) is 48.5 Å². The number of hydrogen-bond acceptors (Lipinski definition) is 2. The van der Waals surface area contributed by atoms with Crippen molar-refractivity contribution in [3.05, 3.63) is 59.7 Å². The Balaban J connectivity index is 2.49. The molecular formula is C15H14O2. The van der Waals surface area contributed by atoms with Crippen LogP contribution in [0.5, 0.6) is 0 Å². The first-order chi connectivity index (χ1) is 8.20. The number of carbonyl (C=O) groups excluding carboxylic acids is 1. The van der Waals surface area contributed by atoms with Gasteiger partial charge in [0, 0.05) is 5.56 Å². The number of carbonyl (C=O) groups is 1. The number of benzene rings is 2. The molecule has 2 aromatic carbocycles. The molecule has 1 N–H and O–H groups in total. The van der Waals surface area contributed by atoms with Crippen molar-refractivity contribution in [2.24, 2.45) is 0 Å². The van der Waals surface area contributed by atoms with E-state index in [1.165, 1.54) is 0 Å². The molecule has 17 heavy (non-hydrogen) atoms. The third-order valence-electron chi connectivity index (χ3n) is 2.65. The molecule has 0 amide bonds. The molecule has 0 aliphatic rings. The van der Waals surface area contributed by atoms with E-state index in [-0.39, 0.29) is 5.78 Å². The van der Waals surface area contributed by atoms with Crippen LogP contribution in [0.25, 0.3) is 11.1 Å². The van der Waals surface area contributed by atoms with Gasteiger partial charge < -0.3 is 5.11 Å². The summed E-state index contributed by atoms with van der Waals surface area (Å²) in [4.78, 5) is 11.5. The SMILES string of the molecule is Cc1cc(C(=O)CO)cc(-c2ccccc2)c1. The topological polar surface area (TPSA) is 37.3 Å². The lowest BCUT2D eigenvalue weighted by molar-refractivity contribution is 0.0903. The smallest absolute Gasteiger partial charge is 0.188 e. The van der Waals surface area contributed by atoms with Gasteiger partial charge in [-0.3, -0.25) is 4.79 Å². The predicted octanol–water partition coefficient (Wildman–Crippen LogP) is 2.84. The first kappa shape index (κ1) is 11.6. The number of Topliss-reactive ketones (excluding diaryl/α,β-unsaturated/α-hetero) is 1. The van der Waals surface area contributed by atoms with Crippen LogP contribution in [-0.2, 0) is 0 Å². The maximum Gasteiger partial charge on any atom is 0.188 e. The van der Waals surface area contributed by atoms with Crippen LogP contribution >= 0.6 is 0 Å². The van der Waals surface area contributed by atoms with E-state index >= 15 is 0 Å². The molecule has 0 saturated heterocycles. The van der Waals surface area contributed by atoms with E-state index in [2.05, 4.69) is 0 Å². The number of aliphatic hydroxyl groups excluding tert-OH is 1. The third kappa shape index (κ3) is 2.60. The quantitative estimate of drug-likeness (QED) is 0.817. The molecule has 0 radical (unpaired) electrons. The molecule has 0 spiro atoms. The zero-order chi connectivity index (χ0) is 12.3. The summed E-state index contributed by atoms with van der Waals surface area (Å²) in [5, 5.41) is 8.89. The lowest BCUT2D eigenvalue weighted by Gasteiger charge is -2.06. The zero-order valence-electron chi connectivity index (χ0n) is 9.68. The van der Waals surface area contributed by atoms with Gasteiger partial charge in [-0.2, -0.15) is 0 Å². The highest BCUT2D eigenvalue weighted by Gasteiger charge is 2.07. The molecule has 0 fully saturated rings. The van der Waals surface area contributed by atoms with Crippen LogP contribution in [0.3, 0.4) is 0 Å². The molecule has 0 atom stereocenters. The Kier molecular flexibility index (Phi) is 3.35. The lowest BCUT2D eigenvalue weighted by Crippen LogP contribution is -2.04. The van der Waals surface area contributed by atoms with Crippen molar-refractivity contribution in [2.45, 2.75) is 6.92 Å². The highest BCUT2D eigenvalue weighted by Crippen LogP contribution is 2.22. The molecule has 0 aliphatic heterocycles. The Morgan fingerprint density at radius 2 is 1.76 bits per heavy atom. The van der Waals surface area contributed by atoms with Crippen LogP contribution in [0.2, 0.25) is 0 Å². The summed E-state index contributed by atoms with van der Waals surface area (Å²) in [5.74, 6) is -0.245. The van der Waals surface area contributed by atoms with E-state index < -0.39 is 6.61 Å². The van der Waals surface area contributed by atoms with Gasteiger partial charge in [0.15, 0.2) is 5.78 Å². The predicted molar refractivity (Wildman–Crippen MR) is 68.0 cm³/mol. The average Bonchev–Trinajstić information content (AvgIpc) is 2.38. The summed E-state index contributed by atoms with van der Waals surface area (Å²) >= 11 is 0. The molecule has 2 heteroatoms. The maximum atomic E-state index is 11.5. The number of aliphatic hydroxyl groups is 1. The molecule has 86 valence electrons. The van der Waals surface area contributed by atoms with Crippen molar-refractivity contribution in [1.82, 2.24) is 0 Å². The van der Waals surface area contributed by atoms with Gasteiger partial charge in [0.2, 0.25) is 0 Å². The molecule has 0 aliphatic carbocycles. The van der Waals surface area contributed by atoms with E-state index in [1.54, 1.807) is 6.07 Å². The van der Waals surface area contributed by atoms with E-state index in [4.69, 9.17) is 5.11 Å². The average molecular weight is 226 g/mol. The Labute approximate surface area is 101 Å². The molecule has 0 saturated carbocycles. The molecule has 0 aromatic heterocycles. The highest BCUT2D eigenvalue weighted by molar-refractivity contribution is 5.98. The molecule has 0 unspecified atom stereocenters. The van der Waals surface area contributed by atoms with Crippen LogP contribution in [0.1, 0.15) is 15.9 Å². The standard InChI is InChI=1S/C15H14O2/c1-11-7-13(12-5-3-2-4-6-12)9-14(8-11)15(17)10-16/h2-9,16H,10H2,1H3. The lowest BCUT2D eigenvalue weighted by atomic mass is 9.99. The van der Waals surface area contributed by atoms with Crippen LogP contribution in [0, 0.1) is 6.92 Å². The minimum Gasteiger partial charge on any atom is -0.388 e. The molecule has 2 rings (SSSR count). The van der Waals surface area contributed by atoms with Crippen molar-refractivity contribution in [2.75, 3.05) is 6.61 Å². The largest absolute Gasteiger partial charge is 0.388 e. The normalized spacial score (nSPS) is 10.2. The van der Waals surface area contributed by atoms with Gasteiger partial charge in [-0.1, -0.05) is 36.4 Å². The molecule has 0 bridgehead atoms. The summed E-state index contributed by atoms with van der Waals surface area (Å²) in [7, 11) is 0. The van der Waals surface area contributed by atoms with E-state index in [9.17, 15) is 4.79 Å². The Morgan fingerprint density at radius 3 is 2.41 bits per heavy atom. The second kappa shape index (κ2) is 4.93. The summed E-state index contributed by atoms with van der Waals surface area (Å²) in [6.45, 7) is 1.50. The van der Waals surface area contributed by atoms with Gasteiger partial charge in [0.1, 0.15) is 6.61 Å². The number of rotatable bonds is 3. The van der Waals surface area contributed by atoms with E-state index in [0.717, 1.165) is 16.7 Å². The maximum absolute atomic E-state index is 11.5. The van der Waals surface area contributed by atoms with E-state index in [0.29, 0.717) is 5.56 Å². The van der Waals surface area contributed by atoms with Gasteiger partial charge in [-0.25, -0.2) is 0 Å². The van der Waals surface area contributed by atoms with Crippen LogP contribution in [0.4, 0.5) is 0 Å². The monoisotopic (exact) mass is 226 g/mol. The summed E-state index contributed by atoms with van der Waals surface area (Å²) in [5.41, 5.74) is 3.65. The number of hydrogen-bond donors (Lipinski definition) is 1. The second-order valence-electron chi connectivity index (χ2n) is 4.04. The van der Waals surface area contributed by atoms with Crippen molar-refractivity contribution >= 4 is 5.78 Å². The van der Waals surface area contributed by atoms with Crippen molar-refractivity contribution in [3.8, 4) is 11.1 Å². The van der Waals surface area contributed by atoms with Gasteiger partial charge in [-0.05, 0) is 35.7 Å². The fourth-order valence-corrected chi connectivity index (χ4v) is 1.83. The Bertz CT molecular complexity index is 530. The number of aryl methyl sites for hydroxylation is 1. The van der Waals surface area contributed by atoms with Crippen molar-refractivity contribution in [3.63, 3.8) is 0 Å². The van der Waals surface area contributed by atoms with Crippen LogP contribution < -0.4 is 0 Å². The minimum absolute atomic E-state index is 0.245. The van der Waals surface area contributed by atoms with Gasteiger partial charge >= 0.3 is 0 Å².